The van der Waals surface area contributed by atoms with Gasteiger partial charge in [0.05, 0.1) is 12.7 Å². The zero-order chi connectivity index (χ0) is 19.1. The fraction of sp³-hybridized carbons (Fsp3) is 0.143. The average molecular weight is 364 g/mol. The molecule has 0 aliphatic carbocycles. The summed E-state index contributed by atoms with van der Waals surface area (Å²) in [5.74, 6) is 0.406. The smallest absolute Gasteiger partial charge is 0.335 e. The molecule has 1 aromatic heterocycles. The van der Waals surface area contributed by atoms with Gasteiger partial charge in [-0.25, -0.2) is 9.78 Å². The first kappa shape index (κ1) is 18.3. The number of nitrogens with zero attached hydrogens (tertiary/aromatic N) is 1. The van der Waals surface area contributed by atoms with Crippen molar-refractivity contribution in [3.63, 3.8) is 0 Å². The van der Waals surface area contributed by atoms with Gasteiger partial charge in [0.25, 0.3) is 0 Å². The molecule has 0 radical (unpaired) electrons. The van der Waals surface area contributed by atoms with Gasteiger partial charge in [-0.15, -0.1) is 0 Å². The highest BCUT2D eigenvalue weighted by Gasteiger charge is 2.04. The number of aromatic carboxylic acids is 1. The van der Waals surface area contributed by atoms with Crippen molar-refractivity contribution in [2.45, 2.75) is 13.2 Å². The van der Waals surface area contributed by atoms with Crippen molar-refractivity contribution in [1.29, 1.82) is 0 Å². The Balaban J connectivity index is 1.52. The van der Waals surface area contributed by atoms with E-state index in [2.05, 4.69) is 10.3 Å². The molecule has 0 saturated heterocycles. The molecule has 138 valence electrons. The lowest BCUT2D eigenvalue weighted by atomic mass is 10.2. The zero-order valence-electron chi connectivity index (χ0n) is 14.9. The molecule has 2 aromatic carbocycles. The summed E-state index contributed by atoms with van der Waals surface area (Å²) in [6.07, 6.45) is 1.73. The molecule has 6 heteroatoms. The Morgan fingerprint density at radius 2 is 1.85 bits per heavy atom. The average Bonchev–Trinajstić information content (AvgIpc) is 2.72. The lowest BCUT2D eigenvalue weighted by molar-refractivity contribution is 0.0697. The van der Waals surface area contributed by atoms with Gasteiger partial charge >= 0.3 is 5.97 Å². The summed E-state index contributed by atoms with van der Waals surface area (Å²) in [5, 5.41) is 12.2. The number of benzene rings is 2. The number of pyridine rings is 1. The monoisotopic (exact) mass is 364 g/mol. The molecule has 0 fully saturated rings. The lowest BCUT2D eigenvalue weighted by Gasteiger charge is -2.09. The molecule has 27 heavy (non-hydrogen) atoms. The Labute approximate surface area is 157 Å². The van der Waals surface area contributed by atoms with E-state index in [1.165, 1.54) is 0 Å². The van der Waals surface area contributed by atoms with Gasteiger partial charge in [0.1, 0.15) is 12.4 Å². The van der Waals surface area contributed by atoms with Crippen molar-refractivity contribution in [2.24, 2.45) is 0 Å². The molecule has 0 unspecified atom stereocenters. The van der Waals surface area contributed by atoms with Gasteiger partial charge in [-0.3, -0.25) is 0 Å². The van der Waals surface area contributed by atoms with Crippen LogP contribution in [-0.4, -0.2) is 23.2 Å². The van der Waals surface area contributed by atoms with Gasteiger partial charge in [-0.1, -0.05) is 24.3 Å². The van der Waals surface area contributed by atoms with Crippen LogP contribution in [0.3, 0.4) is 0 Å². The van der Waals surface area contributed by atoms with Gasteiger partial charge in [0, 0.05) is 24.5 Å². The van der Waals surface area contributed by atoms with Gasteiger partial charge in [-0.05, 0) is 41.5 Å². The van der Waals surface area contributed by atoms with Crippen LogP contribution in [0.4, 0.5) is 5.69 Å². The number of carboxylic acid groups (broad SMARTS) is 1. The number of aromatic nitrogens is 1. The molecule has 1 heterocycles. The summed E-state index contributed by atoms with van der Waals surface area (Å²) in [5.41, 5.74) is 2.99. The summed E-state index contributed by atoms with van der Waals surface area (Å²) in [7, 11) is 1.63. The lowest BCUT2D eigenvalue weighted by Crippen LogP contribution is -2.03. The quantitative estimate of drug-likeness (QED) is 0.629. The first-order valence-corrected chi connectivity index (χ1v) is 8.42. The van der Waals surface area contributed by atoms with Crippen molar-refractivity contribution in [1.82, 2.24) is 4.98 Å². The Hall–Kier alpha value is -3.54. The molecule has 0 bridgehead atoms. The topological polar surface area (TPSA) is 80.7 Å². The summed E-state index contributed by atoms with van der Waals surface area (Å²) < 4.78 is 10.8. The van der Waals surface area contributed by atoms with Crippen LogP contribution in [0.15, 0.2) is 66.9 Å². The third kappa shape index (κ3) is 5.22. The normalized spacial score (nSPS) is 10.3. The predicted molar refractivity (Wildman–Crippen MR) is 102 cm³/mol. The minimum atomic E-state index is -0.946. The minimum absolute atomic E-state index is 0.250. The Morgan fingerprint density at radius 1 is 1.07 bits per heavy atom. The number of methoxy groups -OCH3 is 1. The van der Waals surface area contributed by atoms with Crippen molar-refractivity contribution in [3.05, 3.63) is 83.6 Å². The third-order valence-corrected chi connectivity index (χ3v) is 3.95. The van der Waals surface area contributed by atoms with Crippen LogP contribution in [0.2, 0.25) is 0 Å². The molecular weight excluding hydrogens is 344 g/mol. The molecular formula is C21H20N2O4. The van der Waals surface area contributed by atoms with E-state index in [0.717, 1.165) is 22.6 Å². The first-order valence-electron chi connectivity index (χ1n) is 8.42. The second-order valence-electron chi connectivity index (χ2n) is 5.88. The number of hydrogen-bond donors (Lipinski definition) is 2. The highest BCUT2D eigenvalue weighted by atomic mass is 16.5. The van der Waals surface area contributed by atoms with E-state index in [9.17, 15) is 4.79 Å². The van der Waals surface area contributed by atoms with Crippen molar-refractivity contribution in [3.8, 4) is 11.6 Å². The maximum atomic E-state index is 11.0. The van der Waals surface area contributed by atoms with Crippen LogP contribution >= 0.6 is 0 Å². The first-order chi connectivity index (χ1) is 13.1. The van der Waals surface area contributed by atoms with Gasteiger partial charge in [0.2, 0.25) is 5.88 Å². The minimum Gasteiger partial charge on any atom is -0.497 e. The number of rotatable bonds is 8. The van der Waals surface area contributed by atoms with Crippen LogP contribution in [0, 0.1) is 0 Å². The van der Waals surface area contributed by atoms with Crippen molar-refractivity contribution < 1.29 is 19.4 Å². The van der Waals surface area contributed by atoms with Crippen molar-refractivity contribution >= 4 is 11.7 Å². The summed E-state index contributed by atoms with van der Waals surface area (Å²) >= 11 is 0. The van der Waals surface area contributed by atoms with E-state index in [1.54, 1.807) is 31.5 Å². The Bertz CT molecular complexity index is 893. The fourth-order valence-electron chi connectivity index (χ4n) is 2.45. The maximum absolute atomic E-state index is 11.0. The van der Waals surface area contributed by atoms with Crippen LogP contribution in [-0.2, 0) is 13.2 Å². The Kier molecular flexibility index (Phi) is 5.89. The third-order valence-electron chi connectivity index (χ3n) is 3.95. The molecule has 0 saturated carbocycles. The van der Waals surface area contributed by atoms with Crippen molar-refractivity contribution in [2.75, 3.05) is 12.4 Å². The van der Waals surface area contributed by atoms with E-state index < -0.39 is 5.97 Å². The van der Waals surface area contributed by atoms with Gasteiger partial charge < -0.3 is 19.9 Å². The SMILES string of the molecule is COc1ccc(COc2ccc(CNc3cccc(C(=O)O)c3)cn2)cc1. The number of nitrogens with one attached hydrogen (secondary N) is 1. The number of hydrogen-bond acceptors (Lipinski definition) is 5. The van der Waals surface area contributed by atoms with E-state index in [1.807, 2.05) is 42.5 Å². The molecule has 6 nitrogen and oxygen atoms in total. The standard InChI is InChI=1S/C21H20N2O4/c1-26-19-8-5-15(6-9-19)14-27-20-10-7-16(13-23-20)12-22-18-4-2-3-17(11-18)21(24)25/h2-11,13,22H,12,14H2,1H3,(H,24,25). The highest BCUT2D eigenvalue weighted by molar-refractivity contribution is 5.88. The largest absolute Gasteiger partial charge is 0.497 e. The summed E-state index contributed by atoms with van der Waals surface area (Å²) in [6.45, 7) is 0.964. The number of carboxylic acids is 1. The number of ether oxygens (including phenoxy) is 2. The molecule has 2 N–H and O–H groups in total. The molecule has 0 spiro atoms. The zero-order valence-corrected chi connectivity index (χ0v) is 14.9. The van der Waals surface area contributed by atoms with Crippen LogP contribution in [0.25, 0.3) is 0 Å². The molecule has 0 amide bonds. The molecule has 0 aliphatic heterocycles. The Morgan fingerprint density at radius 3 is 2.52 bits per heavy atom. The molecule has 3 aromatic rings. The summed E-state index contributed by atoms with van der Waals surface area (Å²) in [6, 6.07) is 18.1. The number of carbonyl (C=O) groups is 1. The second-order valence-corrected chi connectivity index (χ2v) is 5.88. The van der Waals surface area contributed by atoms with E-state index in [0.29, 0.717) is 19.0 Å². The second kappa shape index (κ2) is 8.71. The summed E-state index contributed by atoms with van der Waals surface area (Å²) in [4.78, 5) is 15.3. The molecule has 3 rings (SSSR count). The van der Waals surface area contributed by atoms with E-state index >= 15 is 0 Å². The van der Waals surface area contributed by atoms with Crippen LogP contribution < -0.4 is 14.8 Å². The molecule has 0 aliphatic rings. The predicted octanol–water partition coefficient (Wildman–Crippen LogP) is 3.98. The van der Waals surface area contributed by atoms with Crippen LogP contribution in [0.5, 0.6) is 11.6 Å². The van der Waals surface area contributed by atoms with Gasteiger partial charge in [-0.2, -0.15) is 0 Å². The number of anilines is 1. The van der Waals surface area contributed by atoms with Gasteiger partial charge in [0.15, 0.2) is 0 Å². The highest BCUT2D eigenvalue weighted by Crippen LogP contribution is 2.16. The van der Waals surface area contributed by atoms with E-state index in [-0.39, 0.29) is 5.56 Å². The van der Waals surface area contributed by atoms with E-state index in [4.69, 9.17) is 14.6 Å². The van der Waals surface area contributed by atoms with Crippen LogP contribution in [0.1, 0.15) is 21.5 Å². The maximum Gasteiger partial charge on any atom is 0.335 e. The molecule has 0 atom stereocenters. The fourth-order valence-corrected chi connectivity index (χ4v) is 2.45.